The molecule has 6 nitrogen and oxygen atoms in total. The third-order valence-corrected chi connectivity index (χ3v) is 3.46. The number of nitro benzene ring substituents is 1. The van der Waals surface area contributed by atoms with Crippen molar-refractivity contribution in [2.24, 2.45) is 5.92 Å². The number of amides is 1. The number of rotatable bonds is 8. The molecule has 116 valence electrons. The lowest BCUT2D eigenvalue weighted by Gasteiger charge is -2.16. The molecule has 2 N–H and O–H groups in total. The summed E-state index contributed by atoms with van der Waals surface area (Å²) in [5, 5.41) is 22.6. The molecule has 0 saturated heterocycles. The van der Waals surface area contributed by atoms with Crippen LogP contribution >= 0.6 is 0 Å². The minimum Gasteiger partial charge on any atom is -0.396 e. The Morgan fingerprint density at radius 2 is 2.14 bits per heavy atom. The maximum Gasteiger partial charge on any atom is 0.270 e. The number of aliphatic hydroxyl groups excluding tert-OH is 1. The van der Waals surface area contributed by atoms with Crippen molar-refractivity contribution in [1.82, 2.24) is 5.32 Å². The van der Waals surface area contributed by atoms with E-state index in [0.717, 1.165) is 12.8 Å². The number of nitrogens with one attached hydrogen (secondary N) is 1. The zero-order valence-electron chi connectivity index (χ0n) is 12.5. The van der Waals surface area contributed by atoms with E-state index in [1.54, 1.807) is 13.0 Å². The quantitative estimate of drug-likeness (QED) is 0.569. The van der Waals surface area contributed by atoms with Crippen molar-refractivity contribution in [3.8, 4) is 0 Å². The zero-order valence-corrected chi connectivity index (χ0v) is 12.5. The van der Waals surface area contributed by atoms with Crippen LogP contribution in [-0.2, 0) is 0 Å². The fourth-order valence-corrected chi connectivity index (χ4v) is 2.24. The summed E-state index contributed by atoms with van der Waals surface area (Å²) in [7, 11) is 0. The van der Waals surface area contributed by atoms with E-state index in [0.29, 0.717) is 24.1 Å². The minimum atomic E-state index is -0.512. The highest BCUT2D eigenvalue weighted by molar-refractivity contribution is 5.96. The minimum absolute atomic E-state index is 0.0915. The fourth-order valence-electron chi connectivity index (χ4n) is 2.24. The van der Waals surface area contributed by atoms with Crippen molar-refractivity contribution in [2.45, 2.75) is 33.1 Å². The molecule has 1 unspecified atom stereocenters. The molecule has 0 fully saturated rings. The molecule has 0 aliphatic heterocycles. The zero-order chi connectivity index (χ0) is 15.8. The maximum atomic E-state index is 12.2. The van der Waals surface area contributed by atoms with Crippen LogP contribution in [0, 0.1) is 23.0 Å². The second-order valence-corrected chi connectivity index (χ2v) is 5.13. The Morgan fingerprint density at radius 1 is 1.43 bits per heavy atom. The molecular weight excluding hydrogens is 272 g/mol. The molecule has 1 rings (SSSR count). The number of nitrogens with zero attached hydrogens (tertiary/aromatic N) is 1. The lowest BCUT2D eigenvalue weighted by Crippen LogP contribution is -2.30. The smallest absolute Gasteiger partial charge is 0.270 e. The third-order valence-electron chi connectivity index (χ3n) is 3.46. The lowest BCUT2D eigenvalue weighted by atomic mass is 10.00. The summed E-state index contributed by atoms with van der Waals surface area (Å²) < 4.78 is 0. The summed E-state index contributed by atoms with van der Waals surface area (Å²) in [4.78, 5) is 22.4. The van der Waals surface area contributed by atoms with Gasteiger partial charge in [0.25, 0.3) is 11.6 Å². The van der Waals surface area contributed by atoms with E-state index in [-0.39, 0.29) is 24.1 Å². The normalized spacial score (nSPS) is 12.0. The van der Waals surface area contributed by atoms with E-state index in [2.05, 4.69) is 12.2 Å². The van der Waals surface area contributed by atoms with E-state index in [1.807, 2.05) is 0 Å². The molecule has 0 spiro atoms. The monoisotopic (exact) mass is 294 g/mol. The van der Waals surface area contributed by atoms with Gasteiger partial charge in [0.1, 0.15) is 0 Å². The molecule has 1 atom stereocenters. The van der Waals surface area contributed by atoms with Gasteiger partial charge in [0.05, 0.1) is 4.92 Å². The van der Waals surface area contributed by atoms with Crippen molar-refractivity contribution in [3.05, 3.63) is 39.4 Å². The largest absolute Gasteiger partial charge is 0.396 e. The molecule has 0 aliphatic rings. The predicted molar refractivity (Wildman–Crippen MR) is 80.3 cm³/mol. The molecule has 1 amide bonds. The van der Waals surface area contributed by atoms with Crippen LogP contribution in [-0.4, -0.2) is 29.1 Å². The van der Waals surface area contributed by atoms with E-state index < -0.39 is 4.92 Å². The Bertz CT molecular complexity index is 496. The predicted octanol–water partition coefficient (Wildman–Crippen LogP) is 2.43. The number of aliphatic hydroxyl groups is 1. The number of carbonyl (C=O) groups is 1. The van der Waals surface area contributed by atoms with Gasteiger partial charge >= 0.3 is 0 Å². The number of non-ortho nitro benzene ring substituents is 1. The van der Waals surface area contributed by atoms with Crippen LogP contribution in [0.5, 0.6) is 0 Å². The fraction of sp³-hybridized carbons (Fsp3) is 0.533. The standard InChI is InChI=1S/C15H22N2O4/c1-3-4-12(7-8-18)10-16-15(19)14-9-13(17(20)21)6-5-11(14)2/h5-6,9,12,18H,3-4,7-8,10H2,1-2H3,(H,16,19). The molecule has 6 heteroatoms. The summed E-state index contributed by atoms with van der Waals surface area (Å²) in [6.45, 7) is 4.36. The Morgan fingerprint density at radius 3 is 2.71 bits per heavy atom. The third kappa shape index (κ3) is 5.15. The molecule has 21 heavy (non-hydrogen) atoms. The number of benzene rings is 1. The number of carbonyl (C=O) groups excluding carboxylic acids is 1. The van der Waals surface area contributed by atoms with Gasteiger partial charge in [0, 0.05) is 30.8 Å². The number of hydrogen-bond acceptors (Lipinski definition) is 4. The summed E-state index contributed by atoms with van der Waals surface area (Å²) in [6.07, 6.45) is 2.55. The van der Waals surface area contributed by atoms with Crippen molar-refractivity contribution in [2.75, 3.05) is 13.2 Å². The molecule has 1 aromatic carbocycles. The van der Waals surface area contributed by atoms with Gasteiger partial charge in [0.2, 0.25) is 0 Å². The molecular formula is C15H22N2O4. The van der Waals surface area contributed by atoms with Crippen LogP contribution in [0.25, 0.3) is 0 Å². The van der Waals surface area contributed by atoms with Crippen molar-refractivity contribution in [3.63, 3.8) is 0 Å². The van der Waals surface area contributed by atoms with Gasteiger partial charge < -0.3 is 10.4 Å². The van der Waals surface area contributed by atoms with Crippen molar-refractivity contribution < 1.29 is 14.8 Å². The molecule has 0 aromatic heterocycles. The van der Waals surface area contributed by atoms with E-state index in [1.165, 1.54) is 12.1 Å². The van der Waals surface area contributed by atoms with Crippen molar-refractivity contribution in [1.29, 1.82) is 0 Å². The van der Waals surface area contributed by atoms with Gasteiger partial charge in [-0.1, -0.05) is 19.4 Å². The van der Waals surface area contributed by atoms with Gasteiger partial charge in [0.15, 0.2) is 0 Å². The van der Waals surface area contributed by atoms with Crippen LogP contribution in [0.4, 0.5) is 5.69 Å². The molecule has 0 saturated carbocycles. The van der Waals surface area contributed by atoms with Crippen LogP contribution in [0.3, 0.4) is 0 Å². The maximum absolute atomic E-state index is 12.2. The second-order valence-electron chi connectivity index (χ2n) is 5.13. The van der Waals surface area contributed by atoms with Crippen LogP contribution in [0.1, 0.15) is 42.1 Å². The van der Waals surface area contributed by atoms with Crippen molar-refractivity contribution >= 4 is 11.6 Å². The van der Waals surface area contributed by atoms with E-state index in [4.69, 9.17) is 5.11 Å². The summed E-state index contributed by atoms with van der Waals surface area (Å²) >= 11 is 0. The first-order chi connectivity index (χ1) is 9.99. The molecule has 0 heterocycles. The summed E-state index contributed by atoms with van der Waals surface area (Å²) in [6, 6.07) is 4.26. The Labute approximate surface area is 124 Å². The average Bonchev–Trinajstić information content (AvgIpc) is 2.45. The number of aryl methyl sites for hydroxylation is 1. The first-order valence-corrected chi connectivity index (χ1v) is 7.13. The van der Waals surface area contributed by atoms with Crippen LogP contribution < -0.4 is 5.32 Å². The number of hydrogen-bond donors (Lipinski definition) is 2. The van der Waals surface area contributed by atoms with Gasteiger partial charge in [-0.25, -0.2) is 0 Å². The Kier molecular flexibility index (Phi) is 6.81. The Hall–Kier alpha value is -1.95. The van der Waals surface area contributed by atoms with Gasteiger partial charge in [-0.2, -0.15) is 0 Å². The van der Waals surface area contributed by atoms with Gasteiger partial charge in [-0.15, -0.1) is 0 Å². The molecule has 0 bridgehead atoms. The van der Waals surface area contributed by atoms with Gasteiger partial charge in [-0.05, 0) is 31.2 Å². The SMILES string of the molecule is CCCC(CCO)CNC(=O)c1cc([N+](=O)[O-])ccc1C. The Balaban J connectivity index is 2.74. The summed E-state index contributed by atoms with van der Waals surface area (Å²) in [5.41, 5.74) is 0.932. The summed E-state index contributed by atoms with van der Waals surface area (Å²) in [5.74, 6) is -0.0850. The van der Waals surface area contributed by atoms with Crippen LogP contribution in [0.15, 0.2) is 18.2 Å². The van der Waals surface area contributed by atoms with E-state index in [9.17, 15) is 14.9 Å². The second kappa shape index (κ2) is 8.36. The van der Waals surface area contributed by atoms with Gasteiger partial charge in [-0.3, -0.25) is 14.9 Å². The highest BCUT2D eigenvalue weighted by Gasteiger charge is 2.16. The molecule has 0 radical (unpaired) electrons. The highest BCUT2D eigenvalue weighted by atomic mass is 16.6. The highest BCUT2D eigenvalue weighted by Crippen LogP contribution is 2.17. The van der Waals surface area contributed by atoms with E-state index >= 15 is 0 Å². The number of nitro groups is 1. The first-order valence-electron chi connectivity index (χ1n) is 7.13. The average molecular weight is 294 g/mol. The lowest BCUT2D eigenvalue weighted by molar-refractivity contribution is -0.384. The topological polar surface area (TPSA) is 92.5 Å². The molecule has 0 aliphatic carbocycles. The first kappa shape index (κ1) is 17.1. The van der Waals surface area contributed by atoms with Crippen LogP contribution in [0.2, 0.25) is 0 Å². The molecule has 1 aromatic rings.